The minimum Gasteiger partial charge on any atom is -0.362 e. The monoisotopic (exact) mass is 244 g/mol. The van der Waals surface area contributed by atoms with Crippen molar-refractivity contribution in [3.63, 3.8) is 0 Å². The summed E-state index contributed by atoms with van der Waals surface area (Å²) in [6.07, 6.45) is 3.78. The van der Waals surface area contributed by atoms with Gasteiger partial charge in [0.25, 0.3) is 0 Å². The molecule has 0 aliphatic rings. The molecule has 0 fully saturated rings. The minimum atomic E-state index is 0.478. The summed E-state index contributed by atoms with van der Waals surface area (Å²) in [5.41, 5.74) is 0. The summed E-state index contributed by atoms with van der Waals surface area (Å²) in [5, 5.41) is 7.36. The zero-order valence-corrected chi connectivity index (χ0v) is 12.3. The Kier molecular flexibility index (Phi) is 8.63. The van der Waals surface area contributed by atoms with Gasteiger partial charge < -0.3 is 10.6 Å². The van der Waals surface area contributed by atoms with E-state index in [0.717, 1.165) is 17.6 Å². The summed E-state index contributed by atoms with van der Waals surface area (Å²) in [4.78, 5) is 0. The van der Waals surface area contributed by atoms with Gasteiger partial charge >= 0.3 is 0 Å². The molecule has 96 valence electrons. The highest BCUT2D eigenvalue weighted by molar-refractivity contribution is 7.80. The molecule has 0 aromatic heterocycles. The van der Waals surface area contributed by atoms with Crippen molar-refractivity contribution in [3.05, 3.63) is 0 Å². The first kappa shape index (κ1) is 15.7. The topological polar surface area (TPSA) is 24.1 Å². The Morgan fingerprint density at radius 2 is 1.62 bits per heavy atom. The zero-order chi connectivity index (χ0) is 12.6. The molecule has 0 amide bonds. The molecule has 1 atom stereocenters. The van der Waals surface area contributed by atoms with Crippen LogP contribution in [0.4, 0.5) is 0 Å². The molecule has 0 aliphatic carbocycles. The highest BCUT2D eigenvalue weighted by Crippen LogP contribution is 2.08. The van der Waals surface area contributed by atoms with E-state index in [-0.39, 0.29) is 0 Å². The molecule has 1 unspecified atom stereocenters. The van der Waals surface area contributed by atoms with Crippen molar-refractivity contribution in [2.75, 3.05) is 6.54 Å². The predicted octanol–water partition coefficient (Wildman–Crippen LogP) is 3.32. The van der Waals surface area contributed by atoms with Crippen LogP contribution < -0.4 is 10.6 Å². The Morgan fingerprint density at radius 1 is 1.00 bits per heavy atom. The molecule has 2 nitrogen and oxygen atoms in total. The van der Waals surface area contributed by atoms with Gasteiger partial charge in [-0.3, -0.25) is 0 Å². The quantitative estimate of drug-likeness (QED) is 0.672. The van der Waals surface area contributed by atoms with Crippen molar-refractivity contribution in [2.24, 2.45) is 11.8 Å². The van der Waals surface area contributed by atoms with E-state index >= 15 is 0 Å². The summed E-state index contributed by atoms with van der Waals surface area (Å²) in [6, 6.07) is 0.478. The van der Waals surface area contributed by atoms with E-state index in [0.29, 0.717) is 12.0 Å². The molecule has 3 heteroatoms. The minimum absolute atomic E-state index is 0.478. The average Bonchev–Trinajstić information content (AvgIpc) is 2.14. The highest BCUT2D eigenvalue weighted by atomic mass is 32.1. The fourth-order valence-electron chi connectivity index (χ4n) is 1.48. The van der Waals surface area contributed by atoms with E-state index in [9.17, 15) is 0 Å². The second kappa shape index (κ2) is 8.80. The van der Waals surface area contributed by atoms with Crippen molar-refractivity contribution >= 4 is 17.3 Å². The van der Waals surface area contributed by atoms with Gasteiger partial charge in [-0.05, 0) is 37.4 Å². The van der Waals surface area contributed by atoms with Gasteiger partial charge in [-0.1, -0.05) is 40.5 Å². The lowest BCUT2D eigenvalue weighted by Crippen LogP contribution is -2.41. The summed E-state index contributed by atoms with van der Waals surface area (Å²) in [5.74, 6) is 1.44. The highest BCUT2D eigenvalue weighted by Gasteiger charge is 2.04. The summed E-state index contributed by atoms with van der Waals surface area (Å²) >= 11 is 5.23. The van der Waals surface area contributed by atoms with Crippen LogP contribution >= 0.6 is 12.2 Å². The van der Waals surface area contributed by atoms with Crippen LogP contribution in [0.15, 0.2) is 0 Å². The molecule has 0 aromatic carbocycles. The second-order valence-corrected chi connectivity index (χ2v) is 5.88. The molecule has 0 radical (unpaired) electrons. The number of thiocarbonyl (C=S) groups is 1. The Balaban J connectivity index is 3.54. The van der Waals surface area contributed by atoms with Crippen LogP contribution in [-0.2, 0) is 0 Å². The van der Waals surface area contributed by atoms with Crippen molar-refractivity contribution < 1.29 is 0 Å². The summed E-state index contributed by atoms with van der Waals surface area (Å²) in [7, 11) is 0. The Hall–Kier alpha value is -0.310. The van der Waals surface area contributed by atoms with Crippen molar-refractivity contribution in [2.45, 2.75) is 59.9 Å². The number of hydrogen-bond acceptors (Lipinski definition) is 1. The molecule has 0 aromatic rings. The maximum Gasteiger partial charge on any atom is 0.166 e. The predicted molar refractivity (Wildman–Crippen MR) is 76.7 cm³/mol. The number of rotatable bonds is 7. The van der Waals surface area contributed by atoms with Gasteiger partial charge in [0.1, 0.15) is 0 Å². The molecule has 2 N–H and O–H groups in total. The van der Waals surface area contributed by atoms with Gasteiger partial charge in [0.2, 0.25) is 0 Å². The third-order valence-electron chi connectivity index (χ3n) is 2.47. The average molecular weight is 244 g/mol. The fraction of sp³-hybridized carbons (Fsp3) is 0.923. The zero-order valence-electron chi connectivity index (χ0n) is 11.5. The molecular formula is C13H28N2S. The number of nitrogens with one attached hydrogen (secondary N) is 2. The van der Waals surface area contributed by atoms with Gasteiger partial charge in [0, 0.05) is 12.6 Å². The standard InChI is InChI=1S/C13H28N2S/c1-10(2)7-6-8-12(5)15-13(16)14-9-11(3)4/h10-12H,6-9H2,1-5H3,(H2,14,15,16). The molecule has 0 aliphatic heterocycles. The Labute approximate surface area is 107 Å². The lowest BCUT2D eigenvalue weighted by Gasteiger charge is -2.18. The summed E-state index contributed by atoms with van der Waals surface area (Å²) < 4.78 is 0. The maximum atomic E-state index is 5.23. The summed E-state index contributed by atoms with van der Waals surface area (Å²) in [6.45, 7) is 12.1. The van der Waals surface area contributed by atoms with E-state index in [2.05, 4.69) is 45.3 Å². The smallest absolute Gasteiger partial charge is 0.166 e. The van der Waals surface area contributed by atoms with Crippen LogP contribution in [0.25, 0.3) is 0 Å². The first-order chi connectivity index (χ1) is 7.41. The second-order valence-electron chi connectivity index (χ2n) is 5.47. The SMILES string of the molecule is CC(C)CCCC(C)NC(=S)NCC(C)C. The lowest BCUT2D eigenvalue weighted by atomic mass is 10.0. The first-order valence-corrected chi connectivity index (χ1v) is 6.87. The van der Waals surface area contributed by atoms with Gasteiger partial charge in [-0.2, -0.15) is 0 Å². The van der Waals surface area contributed by atoms with Crippen LogP contribution in [0.3, 0.4) is 0 Å². The third-order valence-corrected chi connectivity index (χ3v) is 2.73. The fourth-order valence-corrected chi connectivity index (χ4v) is 1.76. The van der Waals surface area contributed by atoms with Crippen molar-refractivity contribution in [1.82, 2.24) is 10.6 Å². The molecule has 0 spiro atoms. The van der Waals surface area contributed by atoms with Crippen LogP contribution in [0.2, 0.25) is 0 Å². The third kappa shape index (κ3) is 10.2. The van der Waals surface area contributed by atoms with E-state index in [4.69, 9.17) is 12.2 Å². The van der Waals surface area contributed by atoms with E-state index < -0.39 is 0 Å². The van der Waals surface area contributed by atoms with Crippen molar-refractivity contribution in [3.8, 4) is 0 Å². The molecule has 0 bridgehead atoms. The van der Waals surface area contributed by atoms with Crippen LogP contribution in [-0.4, -0.2) is 17.7 Å². The first-order valence-electron chi connectivity index (χ1n) is 6.46. The van der Waals surface area contributed by atoms with Gasteiger partial charge in [-0.15, -0.1) is 0 Å². The largest absolute Gasteiger partial charge is 0.362 e. The lowest BCUT2D eigenvalue weighted by molar-refractivity contribution is 0.491. The van der Waals surface area contributed by atoms with Gasteiger partial charge in [0.15, 0.2) is 5.11 Å². The molecule has 16 heavy (non-hydrogen) atoms. The normalized spacial score (nSPS) is 12.9. The Bertz CT molecular complexity index is 190. The molecule has 0 saturated carbocycles. The maximum absolute atomic E-state index is 5.23. The van der Waals surface area contributed by atoms with E-state index in [1.54, 1.807) is 0 Å². The van der Waals surface area contributed by atoms with E-state index in [1.807, 2.05) is 0 Å². The van der Waals surface area contributed by atoms with Crippen molar-refractivity contribution in [1.29, 1.82) is 0 Å². The molecule has 0 saturated heterocycles. The van der Waals surface area contributed by atoms with Crippen LogP contribution in [0.5, 0.6) is 0 Å². The molecule has 0 heterocycles. The van der Waals surface area contributed by atoms with Gasteiger partial charge in [-0.25, -0.2) is 0 Å². The van der Waals surface area contributed by atoms with Crippen LogP contribution in [0.1, 0.15) is 53.9 Å². The number of hydrogen-bond donors (Lipinski definition) is 2. The Morgan fingerprint density at radius 3 is 2.12 bits per heavy atom. The molecule has 0 rings (SSSR count). The van der Waals surface area contributed by atoms with Gasteiger partial charge in [0.05, 0.1) is 0 Å². The molecular weight excluding hydrogens is 216 g/mol. The van der Waals surface area contributed by atoms with E-state index in [1.165, 1.54) is 19.3 Å². The van der Waals surface area contributed by atoms with Crippen LogP contribution in [0, 0.1) is 11.8 Å².